The first kappa shape index (κ1) is 19.7. The van der Waals surface area contributed by atoms with Crippen molar-refractivity contribution in [2.75, 3.05) is 36.4 Å². The highest BCUT2D eigenvalue weighted by atomic mass is 16.2. The Morgan fingerprint density at radius 1 is 0.963 bits per heavy atom. The Kier molecular flexibility index (Phi) is 6.40. The summed E-state index contributed by atoms with van der Waals surface area (Å²) in [5.74, 6) is 1.10. The maximum absolute atomic E-state index is 12.6. The molecule has 3 rings (SSSR count). The van der Waals surface area contributed by atoms with E-state index in [1.807, 2.05) is 30.9 Å². The molecule has 0 spiro atoms. The molecular formula is C22H33N3O2. The van der Waals surface area contributed by atoms with Gasteiger partial charge in [-0.3, -0.25) is 9.59 Å². The van der Waals surface area contributed by atoms with Crippen LogP contribution in [0.2, 0.25) is 0 Å². The van der Waals surface area contributed by atoms with Crippen LogP contribution in [0.25, 0.3) is 0 Å². The summed E-state index contributed by atoms with van der Waals surface area (Å²) in [5.41, 5.74) is 2.09. The molecule has 2 heterocycles. The van der Waals surface area contributed by atoms with Gasteiger partial charge in [0.05, 0.1) is 0 Å². The second kappa shape index (κ2) is 8.77. The van der Waals surface area contributed by atoms with Gasteiger partial charge in [0.1, 0.15) is 0 Å². The molecule has 0 saturated carbocycles. The number of carbonyl (C=O) groups is 2. The minimum atomic E-state index is -0.00975. The third kappa shape index (κ3) is 5.02. The van der Waals surface area contributed by atoms with Gasteiger partial charge in [0.15, 0.2) is 0 Å². The van der Waals surface area contributed by atoms with Crippen molar-refractivity contribution in [3.05, 3.63) is 24.3 Å². The van der Waals surface area contributed by atoms with Gasteiger partial charge in [-0.15, -0.1) is 0 Å². The van der Waals surface area contributed by atoms with Crippen LogP contribution in [0.5, 0.6) is 0 Å². The number of piperidine rings is 2. The molecule has 0 aliphatic carbocycles. The molecule has 1 aromatic rings. The minimum absolute atomic E-state index is 0.00975. The highest BCUT2D eigenvalue weighted by Crippen LogP contribution is 2.25. The predicted octanol–water partition coefficient (Wildman–Crippen LogP) is 3.76. The van der Waals surface area contributed by atoms with Crippen molar-refractivity contribution in [1.29, 1.82) is 0 Å². The van der Waals surface area contributed by atoms with E-state index in [4.69, 9.17) is 0 Å². The highest BCUT2D eigenvalue weighted by Gasteiger charge is 2.28. The lowest BCUT2D eigenvalue weighted by Crippen LogP contribution is -2.43. The fraction of sp³-hybridized carbons (Fsp3) is 0.636. The van der Waals surface area contributed by atoms with Crippen LogP contribution in [0.3, 0.4) is 0 Å². The fourth-order valence-electron chi connectivity index (χ4n) is 3.99. The molecule has 0 aromatic heterocycles. The van der Waals surface area contributed by atoms with Gasteiger partial charge < -0.3 is 15.1 Å². The first-order valence-electron chi connectivity index (χ1n) is 10.4. The molecule has 2 amide bonds. The van der Waals surface area contributed by atoms with E-state index in [9.17, 15) is 9.59 Å². The van der Waals surface area contributed by atoms with Crippen molar-refractivity contribution in [3.63, 3.8) is 0 Å². The molecule has 27 heavy (non-hydrogen) atoms. The van der Waals surface area contributed by atoms with Gasteiger partial charge in [-0.1, -0.05) is 20.8 Å². The van der Waals surface area contributed by atoms with E-state index in [1.54, 1.807) is 0 Å². The number of nitrogens with zero attached hydrogens (tertiary/aromatic N) is 2. The van der Waals surface area contributed by atoms with Crippen LogP contribution in [0, 0.1) is 17.8 Å². The fourth-order valence-corrected chi connectivity index (χ4v) is 3.99. The topological polar surface area (TPSA) is 52.7 Å². The Morgan fingerprint density at radius 2 is 1.56 bits per heavy atom. The second-order valence-electron chi connectivity index (χ2n) is 8.46. The monoisotopic (exact) mass is 371 g/mol. The van der Waals surface area contributed by atoms with E-state index in [0.717, 1.165) is 37.5 Å². The van der Waals surface area contributed by atoms with E-state index in [2.05, 4.69) is 29.3 Å². The molecule has 0 radical (unpaired) electrons. The second-order valence-corrected chi connectivity index (χ2v) is 8.46. The number of amides is 2. The van der Waals surface area contributed by atoms with Gasteiger partial charge in [-0.25, -0.2) is 0 Å². The molecule has 2 saturated heterocycles. The molecule has 2 aliphatic heterocycles. The predicted molar refractivity (Wildman–Crippen MR) is 110 cm³/mol. The van der Waals surface area contributed by atoms with E-state index >= 15 is 0 Å². The molecule has 0 atom stereocenters. The molecule has 148 valence electrons. The Bertz CT molecular complexity index is 640. The average Bonchev–Trinajstić information content (AvgIpc) is 2.68. The third-order valence-corrected chi connectivity index (χ3v) is 5.95. The van der Waals surface area contributed by atoms with Gasteiger partial charge in [-0.2, -0.15) is 0 Å². The summed E-state index contributed by atoms with van der Waals surface area (Å²) in [7, 11) is 0. The lowest BCUT2D eigenvalue weighted by molar-refractivity contribution is -0.137. The number of hydrogen-bond acceptors (Lipinski definition) is 3. The standard InChI is InChI=1S/C22H33N3O2/c1-16(2)22(27)25-14-10-18(11-15-25)21(26)23-19-4-6-20(7-5-19)24-12-8-17(3)9-13-24/h4-7,16-18H,8-15H2,1-3H3,(H,23,26). The summed E-state index contributed by atoms with van der Waals surface area (Å²) in [6.45, 7) is 9.76. The van der Waals surface area contributed by atoms with Crippen LogP contribution in [0.15, 0.2) is 24.3 Å². The molecule has 1 aromatic carbocycles. The Labute approximate surface area is 163 Å². The Morgan fingerprint density at radius 3 is 2.11 bits per heavy atom. The summed E-state index contributed by atoms with van der Waals surface area (Å²) in [6.07, 6.45) is 3.98. The molecule has 2 aliphatic rings. The molecule has 5 heteroatoms. The van der Waals surface area contributed by atoms with Crippen LogP contribution in [0.4, 0.5) is 11.4 Å². The molecular weight excluding hydrogens is 338 g/mol. The van der Waals surface area contributed by atoms with Crippen LogP contribution in [-0.4, -0.2) is 42.9 Å². The molecule has 5 nitrogen and oxygen atoms in total. The maximum Gasteiger partial charge on any atom is 0.227 e. The SMILES string of the molecule is CC1CCN(c2ccc(NC(=O)C3CCN(C(=O)C(C)C)CC3)cc2)CC1. The number of carbonyl (C=O) groups excluding carboxylic acids is 2. The zero-order valence-corrected chi connectivity index (χ0v) is 16.9. The van der Waals surface area contributed by atoms with Gasteiger partial charge in [0.25, 0.3) is 0 Å². The van der Waals surface area contributed by atoms with Gasteiger partial charge in [0, 0.05) is 49.4 Å². The van der Waals surface area contributed by atoms with E-state index < -0.39 is 0 Å². The van der Waals surface area contributed by atoms with Crippen molar-refractivity contribution in [2.45, 2.75) is 46.5 Å². The lowest BCUT2D eigenvalue weighted by atomic mass is 9.95. The minimum Gasteiger partial charge on any atom is -0.372 e. The summed E-state index contributed by atoms with van der Waals surface area (Å²) >= 11 is 0. The summed E-state index contributed by atoms with van der Waals surface area (Å²) in [6, 6.07) is 8.22. The maximum atomic E-state index is 12.6. The quantitative estimate of drug-likeness (QED) is 0.877. The highest BCUT2D eigenvalue weighted by molar-refractivity contribution is 5.93. The number of hydrogen-bond donors (Lipinski definition) is 1. The van der Waals surface area contributed by atoms with Crippen LogP contribution in [0.1, 0.15) is 46.5 Å². The number of benzene rings is 1. The van der Waals surface area contributed by atoms with E-state index in [0.29, 0.717) is 13.1 Å². The van der Waals surface area contributed by atoms with Gasteiger partial charge >= 0.3 is 0 Å². The third-order valence-electron chi connectivity index (χ3n) is 5.95. The number of nitrogens with one attached hydrogen (secondary N) is 1. The Hall–Kier alpha value is -2.04. The number of rotatable bonds is 4. The Balaban J connectivity index is 1.49. The number of anilines is 2. The molecule has 1 N–H and O–H groups in total. The van der Waals surface area contributed by atoms with Crippen LogP contribution >= 0.6 is 0 Å². The van der Waals surface area contributed by atoms with Crippen molar-refractivity contribution in [2.24, 2.45) is 17.8 Å². The average molecular weight is 372 g/mol. The van der Waals surface area contributed by atoms with Crippen LogP contribution < -0.4 is 10.2 Å². The van der Waals surface area contributed by atoms with Gasteiger partial charge in [0.2, 0.25) is 11.8 Å². The molecule has 2 fully saturated rings. The van der Waals surface area contributed by atoms with Gasteiger partial charge in [-0.05, 0) is 55.9 Å². The van der Waals surface area contributed by atoms with E-state index in [1.165, 1.54) is 18.5 Å². The normalized spacial score (nSPS) is 19.4. The zero-order chi connectivity index (χ0) is 19.4. The summed E-state index contributed by atoms with van der Waals surface area (Å²) in [4.78, 5) is 29.0. The van der Waals surface area contributed by atoms with Crippen molar-refractivity contribution in [3.8, 4) is 0 Å². The number of likely N-dealkylation sites (tertiary alicyclic amines) is 1. The van der Waals surface area contributed by atoms with Crippen molar-refractivity contribution < 1.29 is 9.59 Å². The smallest absolute Gasteiger partial charge is 0.227 e. The summed E-state index contributed by atoms with van der Waals surface area (Å²) < 4.78 is 0. The largest absolute Gasteiger partial charge is 0.372 e. The zero-order valence-electron chi connectivity index (χ0n) is 16.9. The van der Waals surface area contributed by atoms with Crippen LogP contribution in [-0.2, 0) is 9.59 Å². The first-order chi connectivity index (χ1) is 12.9. The molecule has 0 unspecified atom stereocenters. The lowest BCUT2D eigenvalue weighted by Gasteiger charge is -2.33. The molecule has 0 bridgehead atoms. The summed E-state index contributed by atoms with van der Waals surface area (Å²) in [5, 5.41) is 3.05. The van der Waals surface area contributed by atoms with Crippen molar-refractivity contribution >= 4 is 23.2 Å². The first-order valence-corrected chi connectivity index (χ1v) is 10.4. The van der Waals surface area contributed by atoms with Crippen molar-refractivity contribution in [1.82, 2.24) is 4.90 Å². The van der Waals surface area contributed by atoms with E-state index in [-0.39, 0.29) is 23.7 Å².